The highest BCUT2D eigenvalue weighted by atomic mass is 15.2. The van der Waals surface area contributed by atoms with Crippen LogP contribution < -0.4 is 10.2 Å². The van der Waals surface area contributed by atoms with Crippen molar-refractivity contribution in [2.24, 2.45) is 5.92 Å². The van der Waals surface area contributed by atoms with Gasteiger partial charge in [0, 0.05) is 24.8 Å². The number of nitrogens with one attached hydrogen (secondary N) is 1. The standard InChI is InChI=1S/C17H25N3/c1-4-13-8-9-17(19-16(13)6-1)20-11-3-5-14(12-20)15-7-2-10-18-15/h8-9,14-15,18H,1-7,10-12H2. The van der Waals surface area contributed by atoms with E-state index in [2.05, 4.69) is 22.3 Å². The average Bonchev–Trinajstić information content (AvgIpc) is 3.18. The highest BCUT2D eigenvalue weighted by Gasteiger charge is 2.29. The Kier molecular flexibility index (Phi) is 3.39. The molecule has 0 amide bonds. The van der Waals surface area contributed by atoms with Crippen LogP contribution in [0.25, 0.3) is 0 Å². The van der Waals surface area contributed by atoms with Crippen molar-refractivity contribution in [1.82, 2.24) is 10.3 Å². The van der Waals surface area contributed by atoms with E-state index in [9.17, 15) is 0 Å². The Bertz CT molecular complexity index is 479. The number of rotatable bonds is 2. The molecule has 2 atom stereocenters. The van der Waals surface area contributed by atoms with Crippen LogP contribution in [0.2, 0.25) is 0 Å². The normalized spacial score (nSPS) is 29.7. The lowest BCUT2D eigenvalue weighted by molar-refractivity contribution is 0.328. The van der Waals surface area contributed by atoms with Crippen LogP contribution in [-0.4, -0.2) is 30.7 Å². The maximum atomic E-state index is 4.94. The maximum absolute atomic E-state index is 4.94. The third kappa shape index (κ3) is 2.32. The summed E-state index contributed by atoms with van der Waals surface area (Å²) in [5.74, 6) is 2.05. The topological polar surface area (TPSA) is 28.2 Å². The summed E-state index contributed by atoms with van der Waals surface area (Å²) in [6, 6.07) is 5.34. The molecule has 0 radical (unpaired) electrons. The highest BCUT2D eigenvalue weighted by molar-refractivity contribution is 5.43. The van der Waals surface area contributed by atoms with Crippen LogP contribution in [0, 0.1) is 5.92 Å². The molecule has 1 aromatic heterocycles. The number of hydrogen-bond donors (Lipinski definition) is 1. The second-order valence-corrected chi connectivity index (χ2v) is 6.68. The monoisotopic (exact) mass is 271 g/mol. The fourth-order valence-corrected chi connectivity index (χ4v) is 4.25. The Labute approximate surface area is 121 Å². The van der Waals surface area contributed by atoms with Crippen molar-refractivity contribution < 1.29 is 0 Å². The lowest BCUT2D eigenvalue weighted by atomic mass is 9.90. The van der Waals surface area contributed by atoms with E-state index in [1.807, 2.05) is 0 Å². The van der Waals surface area contributed by atoms with Crippen LogP contribution in [0.3, 0.4) is 0 Å². The predicted molar refractivity (Wildman–Crippen MR) is 82.2 cm³/mol. The fourth-order valence-electron chi connectivity index (χ4n) is 4.25. The third-order valence-corrected chi connectivity index (χ3v) is 5.36. The van der Waals surface area contributed by atoms with Crippen LogP contribution in [0.1, 0.15) is 43.4 Å². The van der Waals surface area contributed by atoms with Crippen LogP contribution in [0.5, 0.6) is 0 Å². The van der Waals surface area contributed by atoms with E-state index in [0.717, 1.165) is 12.0 Å². The van der Waals surface area contributed by atoms with Gasteiger partial charge in [0.1, 0.15) is 5.82 Å². The molecule has 0 aromatic carbocycles. The Morgan fingerprint density at radius 3 is 3.00 bits per heavy atom. The summed E-state index contributed by atoms with van der Waals surface area (Å²) < 4.78 is 0. The third-order valence-electron chi connectivity index (χ3n) is 5.36. The Hall–Kier alpha value is -1.09. The first-order chi connectivity index (χ1) is 9.90. The molecule has 3 heterocycles. The van der Waals surface area contributed by atoms with Gasteiger partial charge in [0.15, 0.2) is 0 Å². The van der Waals surface area contributed by atoms with Gasteiger partial charge in [-0.2, -0.15) is 0 Å². The molecule has 1 aliphatic carbocycles. The van der Waals surface area contributed by atoms with Crippen molar-refractivity contribution in [2.45, 2.75) is 51.0 Å². The second-order valence-electron chi connectivity index (χ2n) is 6.68. The largest absolute Gasteiger partial charge is 0.356 e. The molecule has 1 aromatic rings. The van der Waals surface area contributed by atoms with Gasteiger partial charge in [-0.05, 0) is 69.0 Å². The molecule has 2 saturated heterocycles. The lowest BCUT2D eigenvalue weighted by Crippen LogP contribution is -2.43. The number of hydrogen-bond acceptors (Lipinski definition) is 3. The van der Waals surface area contributed by atoms with E-state index in [4.69, 9.17) is 4.98 Å². The first-order valence-electron chi connectivity index (χ1n) is 8.37. The first-order valence-corrected chi connectivity index (χ1v) is 8.37. The number of piperidine rings is 1. The van der Waals surface area contributed by atoms with Gasteiger partial charge in [0.2, 0.25) is 0 Å². The Morgan fingerprint density at radius 2 is 2.10 bits per heavy atom. The van der Waals surface area contributed by atoms with Gasteiger partial charge in [-0.1, -0.05) is 6.07 Å². The van der Waals surface area contributed by atoms with Gasteiger partial charge in [-0.25, -0.2) is 4.98 Å². The predicted octanol–water partition coefficient (Wildman–Crippen LogP) is 2.54. The van der Waals surface area contributed by atoms with Gasteiger partial charge >= 0.3 is 0 Å². The van der Waals surface area contributed by atoms with Crippen LogP contribution in [0.4, 0.5) is 5.82 Å². The summed E-state index contributed by atoms with van der Waals surface area (Å²) in [6.45, 7) is 3.61. The SMILES string of the molecule is c1cc2c(nc1N1CCCC(C3CCCN3)C1)CCC2. The smallest absolute Gasteiger partial charge is 0.128 e. The molecule has 20 heavy (non-hydrogen) atoms. The zero-order valence-corrected chi connectivity index (χ0v) is 12.3. The van der Waals surface area contributed by atoms with E-state index in [0.29, 0.717) is 0 Å². The van der Waals surface area contributed by atoms with Crippen LogP contribution in [-0.2, 0) is 12.8 Å². The minimum Gasteiger partial charge on any atom is -0.356 e. The highest BCUT2D eigenvalue weighted by Crippen LogP contribution is 2.29. The van der Waals surface area contributed by atoms with E-state index in [1.54, 1.807) is 0 Å². The number of pyridine rings is 1. The molecule has 3 heteroatoms. The van der Waals surface area contributed by atoms with E-state index in [-0.39, 0.29) is 0 Å². The molecule has 0 saturated carbocycles. The van der Waals surface area contributed by atoms with Crippen molar-refractivity contribution >= 4 is 5.82 Å². The number of nitrogens with zero attached hydrogens (tertiary/aromatic N) is 2. The molecule has 2 aliphatic heterocycles. The molecule has 0 spiro atoms. The van der Waals surface area contributed by atoms with Crippen molar-refractivity contribution in [1.29, 1.82) is 0 Å². The fraction of sp³-hybridized carbons (Fsp3) is 0.706. The van der Waals surface area contributed by atoms with Gasteiger partial charge in [-0.3, -0.25) is 0 Å². The minimum absolute atomic E-state index is 0.757. The average molecular weight is 271 g/mol. The van der Waals surface area contributed by atoms with Gasteiger partial charge in [0.05, 0.1) is 0 Å². The number of anilines is 1. The van der Waals surface area contributed by atoms with Crippen molar-refractivity contribution in [3.05, 3.63) is 23.4 Å². The maximum Gasteiger partial charge on any atom is 0.128 e. The number of fused-ring (bicyclic) bond motifs is 1. The summed E-state index contributed by atoms with van der Waals surface area (Å²) in [5.41, 5.74) is 2.85. The van der Waals surface area contributed by atoms with E-state index < -0.39 is 0 Å². The molecule has 3 nitrogen and oxygen atoms in total. The molecule has 2 unspecified atom stereocenters. The molecular weight excluding hydrogens is 246 g/mol. The van der Waals surface area contributed by atoms with Crippen molar-refractivity contribution in [2.75, 3.05) is 24.5 Å². The number of aromatic nitrogens is 1. The first kappa shape index (κ1) is 12.6. The molecule has 3 aliphatic rings. The molecular formula is C17H25N3. The Morgan fingerprint density at radius 1 is 1.10 bits per heavy atom. The van der Waals surface area contributed by atoms with Crippen LogP contribution >= 0.6 is 0 Å². The van der Waals surface area contributed by atoms with E-state index in [1.165, 1.54) is 81.7 Å². The molecule has 0 bridgehead atoms. The van der Waals surface area contributed by atoms with E-state index >= 15 is 0 Å². The summed E-state index contributed by atoms with van der Waals surface area (Å²) in [4.78, 5) is 7.48. The van der Waals surface area contributed by atoms with Crippen LogP contribution in [0.15, 0.2) is 12.1 Å². The summed E-state index contributed by atoms with van der Waals surface area (Å²) in [7, 11) is 0. The van der Waals surface area contributed by atoms with Crippen molar-refractivity contribution in [3.63, 3.8) is 0 Å². The molecule has 1 N–H and O–H groups in total. The van der Waals surface area contributed by atoms with Gasteiger partial charge < -0.3 is 10.2 Å². The summed E-state index contributed by atoms with van der Waals surface area (Å²) in [6.07, 6.45) is 9.15. The zero-order chi connectivity index (χ0) is 13.4. The summed E-state index contributed by atoms with van der Waals surface area (Å²) in [5, 5.41) is 3.69. The lowest BCUT2D eigenvalue weighted by Gasteiger charge is -2.36. The van der Waals surface area contributed by atoms with Gasteiger partial charge in [0.25, 0.3) is 0 Å². The molecule has 108 valence electrons. The second kappa shape index (κ2) is 5.36. The minimum atomic E-state index is 0.757. The Balaban J connectivity index is 1.50. The van der Waals surface area contributed by atoms with Gasteiger partial charge in [-0.15, -0.1) is 0 Å². The quantitative estimate of drug-likeness (QED) is 0.896. The number of aryl methyl sites for hydroxylation is 2. The zero-order valence-electron chi connectivity index (χ0n) is 12.3. The molecule has 2 fully saturated rings. The van der Waals surface area contributed by atoms with Crippen molar-refractivity contribution in [3.8, 4) is 0 Å². The summed E-state index contributed by atoms with van der Waals surface area (Å²) >= 11 is 0. The molecule has 4 rings (SSSR count).